The molecule has 0 bridgehead atoms. The Morgan fingerprint density at radius 3 is 2.44 bits per heavy atom. The van der Waals surface area contributed by atoms with Crippen LogP contribution >= 0.6 is 0 Å². The summed E-state index contributed by atoms with van der Waals surface area (Å²) >= 11 is 0. The molecule has 1 N–H and O–H groups in total. The summed E-state index contributed by atoms with van der Waals surface area (Å²) in [5.74, 6) is 0.335. The fourth-order valence-electron chi connectivity index (χ4n) is 4.04. The fourth-order valence-corrected chi connectivity index (χ4v) is 4.04. The van der Waals surface area contributed by atoms with Crippen molar-refractivity contribution in [3.8, 4) is 0 Å². The Hall–Kier alpha value is -4.19. The molecular weight excluding hydrogens is 400 g/mol. The second-order valence-corrected chi connectivity index (χ2v) is 7.86. The normalized spacial score (nSPS) is 11.2. The fraction of sp³-hybridized carbons (Fsp3) is 0.115. The zero-order chi connectivity index (χ0) is 22.1. The van der Waals surface area contributed by atoms with E-state index in [0.717, 1.165) is 10.9 Å². The van der Waals surface area contributed by atoms with Gasteiger partial charge in [0.1, 0.15) is 5.82 Å². The van der Waals surface area contributed by atoms with Gasteiger partial charge in [-0.05, 0) is 23.8 Å². The SMILES string of the molecule is CN(Cc1nc2ccccc2c(=O)[nH]1)C(=O)c1cn(Cc2ccccc2)c2ccccc12. The van der Waals surface area contributed by atoms with Gasteiger partial charge in [-0.15, -0.1) is 0 Å². The van der Waals surface area contributed by atoms with E-state index in [0.29, 0.717) is 28.8 Å². The highest BCUT2D eigenvalue weighted by Gasteiger charge is 2.19. The molecule has 2 heterocycles. The Kier molecular flexibility index (Phi) is 5.03. The molecule has 6 heteroatoms. The van der Waals surface area contributed by atoms with Crippen LogP contribution < -0.4 is 5.56 Å². The molecular formula is C26H22N4O2. The summed E-state index contributed by atoms with van der Waals surface area (Å²) in [7, 11) is 1.72. The molecule has 0 atom stereocenters. The van der Waals surface area contributed by atoms with E-state index >= 15 is 0 Å². The highest BCUT2D eigenvalue weighted by molar-refractivity contribution is 6.06. The van der Waals surface area contributed by atoms with E-state index in [4.69, 9.17) is 0 Å². The molecule has 6 nitrogen and oxygen atoms in total. The number of carbonyl (C=O) groups excluding carboxylic acids is 1. The van der Waals surface area contributed by atoms with Gasteiger partial charge in [-0.1, -0.05) is 60.7 Å². The Balaban J connectivity index is 1.46. The maximum Gasteiger partial charge on any atom is 0.258 e. The summed E-state index contributed by atoms with van der Waals surface area (Å²) in [6, 6.07) is 25.3. The molecule has 0 fully saturated rings. The van der Waals surface area contributed by atoms with Crippen LogP contribution in [-0.2, 0) is 13.1 Å². The largest absolute Gasteiger partial charge is 0.342 e. The molecule has 5 aromatic rings. The van der Waals surface area contributed by atoms with Crippen LogP contribution in [0.1, 0.15) is 21.7 Å². The van der Waals surface area contributed by atoms with Gasteiger partial charge in [-0.25, -0.2) is 4.98 Å². The van der Waals surface area contributed by atoms with Gasteiger partial charge < -0.3 is 14.5 Å². The molecule has 0 aliphatic rings. The number of nitrogens with zero attached hydrogens (tertiary/aromatic N) is 3. The van der Waals surface area contributed by atoms with Crippen LogP contribution in [0.3, 0.4) is 0 Å². The lowest BCUT2D eigenvalue weighted by Gasteiger charge is -2.16. The van der Waals surface area contributed by atoms with Crippen LogP contribution in [0, 0.1) is 0 Å². The van der Waals surface area contributed by atoms with Gasteiger partial charge in [0.25, 0.3) is 11.5 Å². The third-order valence-corrected chi connectivity index (χ3v) is 5.61. The van der Waals surface area contributed by atoms with Crippen LogP contribution in [0.2, 0.25) is 0 Å². The minimum Gasteiger partial charge on any atom is -0.342 e. The minimum atomic E-state index is -0.203. The van der Waals surface area contributed by atoms with Crippen molar-refractivity contribution >= 4 is 27.7 Å². The van der Waals surface area contributed by atoms with E-state index in [9.17, 15) is 9.59 Å². The van der Waals surface area contributed by atoms with Gasteiger partial charge in [-0.3, -0.25) is 9.59 Å². The number of carbonyl (C=O) groups is 1. The quantitative estimate of drug-likeness (QED) is 0.462. The Morgan fingerprint density at radius 1 is 0.938 bits per heavy atom. The maximum atomic E-state index is 13.4. The summed E-state index contributed by atoms with van der Waals surface area (Å²) in [5, 5.41) is 1.44. The highest BCUT2D eigenvalue weighted by atomic mass is 16.2. The second-order valence-electron chi connectivity index (χ2n) is 7.86. The number of aromatic nitrogens is 3. The van der Waals surface area contributed by atoms with Crippen molar-refractivity contribution in [2.24, 2.45) is 0 Å². The summed E-state index contributed by atoms with van der Waals surface area (Å²) in [6.45, 7) is 0.884. The van der Waals surface area contributed by atoms with Crippen LogP contribution in [0.15, 0.2) is 89.9 Å². The zero-order valence-corrected chi connectivity index (χ0v) is 17.7. The number of para-hydroxylation sites is 2. The summed E-state index contributed by atoms with van der Waals surface area (Å²) in [5.41, 5.74) is 3.21. The number of hydrogen-bond acceptors (Lipinski definition) is 3. The summed E-state index contributed by atoms with van der Waals surface area (Å²) < 4.78 is 2.10. The van der Waals surface area contributed by atoms with Crippen molar-refractivity contribution in [2.75, 3.05) is 7.05 Å². The van der Waals surface area contributed by atoms with Gasteiger partial charge in [-0.2, -0.15) is 0 Å². The summed E-state index contributed by atoms with van der Waals surface area (Å²) in [4.78, 5) is 34.6. The molecule has 0 aliphatic heterocycles. The molecule has 0 spiro atoms. The lowest BCUT2D eigenvalue weighted by atomic mass is 10.1. The second kappa shape index (κ2) is 8.15. The van der Waals surface area contributed by atoms with Crippen molar-refractivity contribution in [3.63, 3.8) is 0 Å². The van der Waals surface area contributed by atoms with Crippen molar-refractivity contribution < 1.29 is 4.79 Å². The lowest BCUT2D eigenvalue weighted by molar-refractivity contribution is 0.0783. The number of fused-ring (bicyclic) bond motifs is 2. The number of rotatable bonds is 5. The number of amides is 1. The Bertz CT molecular complexity index is 1480. The molecule has 32 heavy (non-hydrogen) atoms. The predicted octanol–water partition coefficient (Wildman–Crippen LogP) is 4.20. The van der Waals surface area contributed by atoms with Crippen LogP contribution in [-0.4, -0.2) is 32.4 Å². The maximum absolute atomic E-state index is 13.4. The first-order chi connectivity index (χ1) is 15.6. The topological polar surface area (TPSA) is 71.0 Å². The lowest BCUT2D eigenvalue weighted by Crippen LogP contribution is -2.28. The first-order valence-corrected chi connectivity index (χ1v) is 10.5. The van der Waals surface area contributed by atoms with Crippen molar-refractivity contribution in [1.82, 2.24) is 19.4 Å². The first kappa shape index (κ1) is 19.8. The molecule has 158 valence electrons. The van der Waals surface area contributed by atoms with Crippen molar-refractivity contribution in [3.05, 3.63) is 112 Å². The van der Waals surface area contributed by atoms with E-state index in [1.165, 1.54) is 5.56 Å². The molecule has 2 aromatic heterocycles. The van der Waals surface area contributed by atoms with Crippen molar-refractivity contribution in [2.45, 2.75) is 13.1 Å². The van der Waals surface area contributed by atoms with E-state index in [-0.39, 0.29) is 18.0 Å². The average molecular weight is 422 g/mol. The number of benzene rings is 3. The molecule has 0 saturated heterocycles. The van der Waals surface area contributed by atoms with Crippen LogP contribution in [0.5, 0.6) is 0 Å². The standard InChI is InChI=1S/C26H22N4O2/c1-29(17-24-27-22-13-7-5-12-20(22)25(31)28-24)26(32)21-16-30(15-18-9-3-2-4-10-18)23-14-8-6-11-19(21)23/h2-14,16H,15,17H2,1H3,(H,27,28,31). The van der Waals surface area contributed by atoms with Gasteiger partial charge in [0, 0.05) is 30.7 Å². The molecule has 3 aromatic carbocycles. The van der Waals surface area contributed by atoms with Crippen molar-refractivity contribution in [1.29, 1.82) is 0 Å². The third-order valence-electron chi connectivity index (χ3n) is 5.61. The molecule has 0 unspecified atom stereocenters. The minimum absolute atomic E-state index is 0.121. The van der Waals surface area contributed by atoms with E-state index in [1.54, 1.807) is 30.1 Å². The molecule has 1 amide bonds. The predicted molar refractivity (Wildman–Crippen MR) is 126 cm³/mol. The molecule has 0 aliphatic carbocycles. The van der Waals surface area contributed by atoms with Gasteiger partial charge in [0.05, 0.1) is 23.0 Å². The summed E-state index contributed by atoms with van der Waals surface area (Å²) in [6.07, 6.45) is 1.91. The zero-order valence-electron chi connectivity index (χ0n) is 17.7. The molecule has 0 saturated carbocycles. The smallest absolute Gasteiger partial charge is 0.258 e. The van der Waals surface area contributed by atoms with Gasteiger partial charge in [0.15, 0.2) is 0 Å². The molecule has 5 rings (SSSR count). The highest BCUT2D eigenvalue weighted by Crippen LogP contribution is 2.24. The third kappa shape index (κ3) is 3.67. The molecule has 0 radical (unpaired) electrons. The number of hydrogen-bond donors (Lipinski definition) is 1. The first-order valence-electron chi connectivity index (χ1n) is 10.5. The Morgan fingerprint density at radius 2 is 1.62 bits per heavy atom. The van der Waals surface area contributed by atoms with Gasteiger partial charge in [0.2, 0.25) is 0 Å². The van der Waals surface area contributed by atoms with E-state index < -0.39 is 0 Å². The van der Waals surface area contributed by atoms with Crippen LogP contribution in [0.25, 0.3) is 21.8 Å². The monoisotopic (exact) mass is 422 g/mol. The Labute approximate surface area is 184 Å². The van der Waals surface area contributed by atoms with Gasteiger partial charge >= 0.3 is 0 Å². The van der Waals surface area contributed by atoms with Crippen LogP contribution in [0.4, 0.5) is 0 Å². The van der Waals surface area contributed by atoms with E-state index in [2.05, 4.69) is 26.7 Å². The van der Waals surface area contributed by atoms with E-state index in [1.807, 2.05) is 54.7 Å². The number of nitrogens with one attached hydrogen (secondary N) is 1. The average Bonchev–Trinajstić information content (AvgIpc) is 3.17. The number of aromatic amines is 1. The number of H-pyrrole nitrogens is 1.